The van der Waals surface area contributed by atoms with Crippen LogP contribution in [0, 0.1) is 5.41 Å². The molecule has 1 spiro atoms. The lowest BCUT2D eigenvalue weighted by molar-refractivity contribution is -0.0618. The van der Waals surface area contributed by atoms with E-state index in [0.717, 1.165) is 5.41 Å². The van der Waals surface area contributed by atoms with Crippen LogP contribution in [0.2, 0.25) is 0 Å². The molecule has 82 valence electrons. The average Bonchev–Trinajstić information content (AvgIpc) is 2.00. The van der Waals surface area contributed by atoms with Crippen LogP contribution in [0.1, 0.15) is 59.8 Å². The standard InChI is InChI=1S/C13H25N/c1-11(2)14-10-13(6-5-7-13)9-8-12(14,3)4/h11H,5-10H2,1-4H3. The molecule has 0 unspecified atom stereocenters. The summed E-state index contributed by atoms with van der Waals surface area (Å²) in [4.78, 5) is 2.73. The molecule has 0 aromatic rings. The number of nitrogens with zero attached hydrogens (tertiary/aromatic N) is 1. The van der Waals surface area contributed by atoms with E-state index in [1.54, 1.807) is 0 Å². The van der Waals surface area contributed by atoms with Gasteiger partial charge in [0.2, 0.25) is 0 Å². The summed E-state index contributed by atoms with van der Waals surface area (Å²) in [6, 6.07) is 0.711. The third kappa shape index (κ3) is 1.60. The molecule has 1 nitrogen and oxygen atoms in total. The molecule has 2 rings (SSSR count). The van der Waals surface area contributed by atoms with Gasteiger partial charge in [0.05, 0.1) is 0 Å². The lowest BCUT2D eigenvalue weighted by Crippen LogP contribution is -2.58. The maximum Gasteiger partial charge on any atom is 0.0156 e. The zero-order valence-electron chi connectivity index (χ0n) is 10.3. The van der Waals surface area contributed by atoms with Gasteiger partial charge in [-0.25, -0.2) is 0 Å². The van der Waals surface area contributed by atoms with E-state index in [4.69, 9.17) is 0 Å². The van der Waals surface area contributed by atoms with Gasteiger partial charge in [-0.2, -0.15) is 0 Å². The fourth-order valence-electron chi connectivity index (χ4n) is 3.34. The Morgan fingerprint density at radius 2 is 1.64 bits per heavy atom. The first-order valence-corrected chi connectivity index (χ1v) is 6.22. The van der Waals surface area contributed by atoms with Crippen LogP contribution in [-0.4, -0.2) is 23.0 Å². The van der Waals surface area contributed by atoms with Crippen molar-refractivity contribution in [3.05, 3.63) is 0 Å². The van der Waals surface area contributed by atoms with E-state index >= 15 is 0 Å². The number of piperidine rings is 1. The summed E-state index contributed by atoms with van der Waals surface area (Å²) in [5.41, 5.74) is 1.18. The van der Waals surface area contributed by atoms with Crippen LogP contribution in [-0.2, 0) is 0 Å². The Morgan fingerprint density at radius 1 is 1.00 bits per heavy atom. The smallest absolute Gasteiger partial charge is 0.0156 e. The third-order valence-electron chi connectivity index (χ3n) is 4.59. The fourth-order valence-corrected chi connectivity index (χ4v) is 3.34. The van der Waals surface area contributed by atoms with E-state index in [2.05, 4.69) is 32.6 Å². The second-order valence-electron chi connectivity index (χ2n) is 6.39. The summed E-state index contributed by atoms with van der Waals surface area (Å²) in [6.07, 6.45) is 7.33. The van der Waals surface area contributed by atoms with Crippen LogP contribution in [0.5, 0.6) is 0 Å². The Morgan fingerprint density at radius 3 is 2.07 bits per heavy atom. The Labute approximate surface area is 88.9 Å². The molecule has 0 radical (unpaired) electrons. The van der Waals surface area contributed by atoms with Crippen LogP contribution in [0.25, 0.3) is 0 Å². The van der Waals surface area contributed by atoms with Crippen LogP contribution in [0.15, 0.2) is 0 Å². The minimum atomic E-state index is 0.439. The van der Waals surface area contributed by atoms with Gasteiger partial charge < -0.3 is 0 Å². The van der Waals surface area contributed by atoms with E-state index in [1.807, 2.05) is 0 Å². The monoisotopic (exact) mass is 195 g/mol. The van der Waals surface area contributed by atoms with Crippen molar-refractivity contribution >= 4 is 0 Å². The summed E-state index contributed by atoms with van der Waals surface area (Å²) in [7, 11) is 0. The van der Waals surface area contributed by atoms with Gasteiger partial charge in [-0.15, -0.1) is 0 Å². The molecule has 0 amide bonds. The van der Waals surface area contributed by atoms with E-state index in [-0.39, 0.29) is 0 Å². The number of rotatable bonds is 1. The van der Waals surface area contributed by atoms with Gasteiger partial charge in [0, 0.05) is 18.1 Å². The third-order valence-corrected chi connectivity index (χ3v) is 4.59. The normalized spacial score (nSPS) is 30.6. The zero-order valence-corrected chi connectivity index (χ0v) is 10.3. The maximum absolute atomic E-state index is 2.73. The SMILES string of the molecule is CC(C)N1CC2(CCC2)CCC1(C)C. The van der Waals surface area contributed by atoms with Crippen molar-refractivity contribution in [1.82, 2.24) is 4.90 Å². The van der Waals surface area contributed by atoms with Crippen molar-refractivity contribution < 1.29 is 0 Å². The molecule has 1 aliphatic heterocycles. The summed E-state index contributed by atoms with van der Waals surface area (Å²) >= 11 is 0. The number of likely N-dealkylation sites (tertiary alicyclic amines) is 1. The molecule has 0 atom stereocenters. The Balaban J connectivity index is 2.09. The molecule has 0 aromatic carbocycles. The molecule has 1 heterocycles. The highest BCUT2D eigenvalue weighted by Crippen LogP contribution is 2.51. The maximum atomic E-state index is 2.73. The van der Waals surface area contributed by atoms with Gasteiger partial charge in [0.15, 0.2) is 0 Å². The van der Waals surface area contributed by atoms with Gasteiger partial charge >= 0.3 is 0 Å². The highest BCUT2D eigenvalue weighted by Gasteiger charge is 2.46. The molecule has 1 saturated carbocycles. The van der Waals surface area contributed by atoms with Crippen LogP contribution in [0.4, 0.5) is 0 Å². The largest absolute Gasteiger partial charge is 0.295 e. The van der Waals surface area contributed by atoms with E-state index < -0.39 is 0 Å². The molecule has 0 bridgehead atoms. The van der Waals surface area contributed by atoms with Crippen molar-refractivity contribution in [3.8, 4) is 0 Å². The predicted molar refractivity (Wildman–Crippen MR) is 61.4 cm³/mol. The van der Waals surface area contributed by atoms with Crippen molar-refractivity contribution in [2.75, 3.05) is 6.54 Å². The van der Waals surface area contributed by atoms with E-state index in [1.165, 1.54) is 38.6 Å². The van der Waals surface area contributed by atoms with E-state index in [9.17, 15) is 0 Å². The zero-order chi connectivity index (χ0) is 10.4. The summed E-state index contributed by atoms with van der Waals surface area (Å²) in [6.45, 7) is 10.9. The van der Waals surface area contributed by atoms with Crippen LogP contribution in [0.3, 0.4) is 0 Å². The molecule has 0 N–H and O–H groups in total. The molecule has 14 heavy (non-hydrogen) atoms. The van der Waals surface area contributed by atoms with Gasteiger partial charge in [0.1, 0.15) is 0 Å². The van der Waals surface area contributed by atoms with Crippen molar-refractivity contribution in [1.29, 1.82) is 0 Å². The average molecular weight is 195 g/mol. The first-order chi connectivity index (χ1) is 6.45. The Kier molecular flexibility index (Phi) is 2.42. The second-order valence-corrected chi connectivity index (χ2v) is 6.39. The molecular weight excluding hydrogens is 170 g/mol. The van der Waals surface area contributed by atoms with Gasteiger partial charge in [0.25, 0.3) is 0 Å². The molecule has 2 fully saturated rings. The summed E-state index contributed by atoms with van der Waals surface area (Å²) in [5, 5.41) is 0. The topological polar surface area (TPSA) is 3.24 Å². The highest BCUT2D eigenvalue weighted by molar-refractivity contribution is 5.00. The predicted octanol–water partition coefficient (Wildman–Crippen LogP) is 3.44. The van der Waals surface area contributed by atoms with Gasteiger partial charge in [-0.1, -0.05) is 6.42 Å². The fraction of sp³-hybridized carbons (Fsp3) is 1.00. The lowest BCUT2D eigenvalue weighted by atomic mass is 9.61. The quantitative estimate of drug-likeness (QED) is 0.619. The van der Waals surface area contributed by atoms with Gasteiger partial charge in [-0.3, -0.25) is 4.90 Å². The molecule has 1 aliphatic carbocycles. The first kappa shape index (κ1) is 10.5. The first-order valence-electron chi connectivity index (χ1n) is 6.22. The Hall–Kier alpha value is -0.0400. The molecule has 0 aromatic heterocycles. The Bertz CT molecular complexity index is 213. The minimum absolute atomic E-state index is 0.439. The molecule has 2 aliphatic rings. The molecular formula is C13H25N. The number of hydrogen-bond donors (Lipinski definition) is 0. The van der Waals surface area contributed by atoms with Crippen molar-refractivity contribution in [2.24, 2.45) is 5.41 Å². The van der Waals surface area contributed by atoms with E-state index in [0.29, 0.717) is 11.6 Å². The molecule has 1 heteroatoms. The highest BCUT2D eigenvalue weighted by atomic mass is 15.2. The van der Waals surface area contributed by atoms with Crippen LogP contribution >= 0.6 is 0 Å². The second kappa shape index (κ2) is 3.23. The summed E-state index contributed by atoms with van der Waals surface area (Å²) in [5.74, 6) is 0. The molecule has 1 saturated heterocycles. The summed E-state index contributed by atoms with van der Waals surface area (Å²) < 4.78 is 0. The lowest BCUT2D eigenvalue weighted by Gasteiger charge is -2.56. The minimum Gasteiger partial charge on any atom is -0.295 e. The van der Waals surface area contributed by atoms with Crippen molar-refractivity contribution in [2.45, 2.75) is 71.4 Å². The van der Waals surface area contributed by atoms with Gasteiger partial charge in [-0.05, 0) is 58.8 Å². The number of hydrogen-bond acceptors (Lipinski definition) is 1. The van der Waals surface area contributed by atoms with Crippen molar-refractivity contribution in [3.63, 3.8) is 0 Å². The van der Waals surface area contributed by atoms with Crippen LogP contribution < -0.4 is 0 Å².